The number of aromatic nitrogens is 7. The normalized spacial score (nSPS) is 14.2. The summed E-state index contributed by atoms with van der Waals surface area (Å²) in [4.78, 5) is 24.1. The molecular formula is C34H39F2N9O3S2. The number of hydrogen-bond donors (Lipinski definition) is 0. The molecule has 6 aromatic rings. The van der Waals surface area contributed by atoms with E-state index in [0.29, 0.717) is 68.3 Å². The Kier molecular flexibility index (Phi) is 9.86. The van der Waals surface area contributed by atoms with Crippen LogP contribution in [-0.4, -0.2) is 98.7 Å². The van der Waals surface area contributed by atoms with Gasteiger partial charge in [-0.15, -0.1) is 11.3 Å². The lowest BCUT2D eigenvalue weighted by molar-refractivity contribution is 0.0903. The van der Waals surface area contributed by atoms with E-state index in [9.17, 15) is 4.39 Å². The molecule has 7 rings (SSSR count). The second-order valence-electron chi connectivity index (χ2n) is 12.8. The molecule has 0 radical (unpaired) electrons. The summed E-state index contributed by atoms with van der Waals surface area (Å²) < 4.78 is 50.5. The number of fused-ring (bicyclic) bond motifs is 2. The molecule has 0 bridgehead atoms. The van der Waals surface area contributed by atoms with Gasteiger partial charge in [-0.3, -0.25) is 4.98 Å². The topological polar surface area (TPSA) is 108 Å². The summed E-state index contributed by atoms with van der Waals surface area (Å²) in [6, 6.07) is 10.4. The molecule has 0 amide bonds. The van der Waals surface area contributed by atoms with E-state index in [4.69, 9.17) is 29.3 Å². The van der Waals surface area contributed by atoms with E-state index in [0.717, 1.165) is 33.6 Å². The Hall–Kier alpha value is -4.38. The first kappa shape index (κ1) is 34.1. The lowest BCUT2D eigenvalue weighted by Crippen LogP contribution is -2.38. The minimum atomic E-state index is -0.997. The smallest absolute Gasteiger partial charge is 0.232 e. The number of imidazole rings is 1. The molecule has 16 heteroatoms. The molecule has 4 aromatic heterocycles. The number of ether oxygens (including phenoxy) is 3. The van der Waals surface area contributed by atoms with Crippen molar-refractivity contribution in [2.45, 2.75) is 19.8 Å². The molecule has 50 heavy (non-hydrogen) atoms. The van der Waals surface area contributed by atoms with Crippen LogP contribution in [0.4, 0.5) is 20.7 Å². The van der Waals surface area contributed by atoms with Crippen LogP contribution in [0.1, 0.15) is 11.4 Å². The number of anilines is 2. The molecule has 1 saturated heterocycles. The molecule has 0 saturated carbocycles. The van der Waals surface area contributed by atoms with E-state index in [1.807, 2.05) is 33.7 Å². The van der Waals surface area contributed by atoms with Crippen molar-refractivity contribution in [1.82, 2.24) is 34.1 Å². The van der Waals surface area contributed by atoms with Crippen LogP contribution in [0.3, 0.4) is 0 Å². The van der Waals surface area contributed by atoms with Crippen LogP contribution < -0.4 is 14.5 Å². The predicted octanol–water partition coefficient (Wildman–Crippen LogP) is 5.60. The third kappa shape index (κ3) is 7.24. The third-order valence-corrected chi connectivity index (χ3v) is 10.6. The summed E-state index contributed by atoms with van der Waals surface area (Å²) in [5.41, 5.74) is 4.58. The first-order valence-corrected chi connectivity index (χ1v) is 20.0. The van der Waals surface area contributed by atoms with Crippen LogP contribution in [0.5, 0.6) is 5.75 Å². The second-order valence-corrected chi connectivity index (χ2v) is 18.3. The highest BCUT2D eigenvalue weighted by atomic mass is 32.3. The van der Waals surface area contributed by atoms with Crippen LogP contribution in [-0.2, 0) is 29.3 Å². The molecule has 0 aliphatic carbocycles. The Morgan fingerprint density at radius 3 is 2.50 bits per heavy atom. The average molecular weight is 724 g/mol. The Morgan fingerprint density at radius 2 is 1.78 bits per heavy atom. The lowest BCUT2D eigenvalue weighted by atomic mass is 10.2. The predicted molar refractivity (Wildman–Crippen MR) is 194 cm³/mol. The number of methoxy groups -OCH3 is 1. The molecule has 0 N–H and O–H groups in total. The molecule has 1 aliphatic rings. The van der Waals surface area contributed by atoms with Gasteiger partial charge in [-0.25, -0.2) is 23.8 Å². The van der Waals surface area contributed by atoms with Crippen molar-refractivity contribution in [2.24, 2.45) is 0 Å². The Balaban J connectivity index is 1.36. The van der Waals surface area contributed by atoms with Gasteiger partial charge in [0.25, 0.3) is 0 Å². The molecule has 0 atom stereocenters. The standard InChI is InChI=1S/C34H39F2N9O3S2/c1-46-24-7-5-23(6-8-24)19-43(20-29-39-31-27(10-9-26(35)30(31)36)44(29)22-48-15-16-50(2,3)4)34-41-33(42-11-13-47-14-12-42)40-32-25(17-38-45(32)34)28-18-37-21-49-28/h5-10,17-18,21H,11-16,19-20,22H2,1-4H3. The van der Waals surface area contributed by atoms with E-state index in [-0.39, 0.29) is 18.8 Å². The second kappa shape index (κ2) is 14.5. The van der Waals surface area contributed by atoms with Gasteiger partial charge in [0.1, 0.15) is 23.8 Å². The SMILES string of the molecule is COc1ccc(CN(Cc2nc3c(F)c(F)ccc3n2COCCS(C)(C)C)c2nc(N3CCOCC3)nc3c(-c4cncs4)cnn23)cc1. The summed E-state index contributed by atoms with van der Waals surface area (Å²) >= 11 is 1.50. The van der Waals surface area contributed by atoms with Crippen LogP contribution in [0.2, 0.25) is 0 Å². The van der Waals surface area contributed by atoms with Crippen LogP contribution >= 0.6 is 21.4 Å². The van der Waals surface area contributed by atoms with Gasteiger partial charge in [-0.1, -0.05) is 12.1 Å². The summed E-state index contributed by atoms with van der Waals surface area (Å²) in [6.45, 7) is 3.58. The van der Waals surface area contributed by atoms with Gasteiger partial charge in [0, 0.05) is 31.6 Å². The van der Waals surface area contributed by atoms with Gasteiger partial charge in [-0.05, 0) is 48.6 Å². The quantitative estimate of drug-likeness (QED) is 0.140. The fourth-order valence-electron chi connectivity index (χ4n) is 5.72. The summed E-state index contributed by atoms with van der Waals surface area (Å²) in [5.74, 6) is 1.21. The fourth-order valence-corrected chi connectivity index (χ4v) is 6.96. The summed E-state index contributed by atoms with van der Waals surface area (Å²) in [5, 5.41) is 4.77. The van der Waals surface area contributed by atoms with Gasteiger partial charge in [0.15, 0.2) is 17.3 Å². The van der Waals surface area contributed by atoms with E-state index in [2.05, 4.69) is 33.6 Å². The fraction of sp³-hybridized carbons (Fsp3) is 0.382. The zero-order valence-electron chi connectivity index (χ0n) is 28.4. The van der Waals surface area contributed by atoms with E-state index in [1.165, 1.54) is 11.3 Å². The minimum Gasteiger partial charge on any atom is -0.497 e. The first-order chi connectivity index (χ1) is 24.2. The number of benzene rings is 2. The first-order valence-electron chi connectivity index (χ1n) is 16.1. The highest BCUT2D eigenvalue weighted by molar-refractivity contribution is 8.32. The van der Waals surface area contributed by atoms with Crippen molar-refractivity contribution in [1.29, 1.82) is 0 Å². The number of rotatable bonds is 13. The molecule has 0 spiro atoms. The monoisotopic (exact) mass is 723 g/mol. The van der Waals surface area contributed by atoms with Crippen molar-refractivity contribution in [3.63, 3.8) is 0 Å². The lowest BCUT2D eigenvalue weighted by Gasteiger charge is -2.29. The number of halogens is 2. The van der Waals surface area contributed by atoms with Crippen molar-refractivity contribution in [3.8, 4) is 16.2 Å². The van der Waals surface area contributed by atoms with E-state index >= 15 is 4.39 Å². The third-order valence-electron chi connectivity index (χ3n) is 8.43. The number of hydrogen-bond acceptors (Lipinski definition) is 11. The average Bonchev–Trinajstić information content (AvgIpc) is 3.87. The van der Waals surface area contributed by atoms with Gasteiger partial charge in [0.05, 0.1) is 61.1 Å². The molecule has 2 aromatic carbocycles. The Labute approximate surface area is 294 Å². The van der Waals surface area contributed by atoms with Crippen molar-refractivity contribution >= 4 is 49.9 Å². The molecule has 264 valence electrons. The maximum Gasteiger partial charge on any atom is 0.232 e. The Bertz CT molecular complexity index is 2080. The van der Waals surface area contributed by atoms with Gasteiger partial charge < -0.3 is 28.6 Å². The maximum absolute atomic E-state index is 15.3. The van der Waals surface area contributed by atoms with Gasteiger partial charge >= 0.3 is 0 Å². The molecule has 1 aliphatic heterocycles. The van der Waals surface area contributed by atoms with Crippen LogP contribution in [0, 0.1) is 11.6 Å². The zero-order chi connectivity index (χ0) is 34.8. The van der Waals surface area contributed by atoms with Gasteiger partial charge in [-0.2, -0.15) is 19.6 Å². The van der Waals surface area contributed by atoms with Crippen LogP contribution in [0.15, 0.2) is 54.3 Å². The van der Waals surface area contributed by atoms with E-state index in [1.54, 1.807) is 35.6 Å². The van der Waals surface area contributed by atoms with Gasteiger partial charge in [0.2, 0.25) is 11.9 Å². The highest BCUT2D eigenvalue weighted by Gasteiger charge is 2.26. The molecule has 0 unspecified atom stereocenters. The molecular weight excluding hydrogens is 685 g/mol. The van der Waals surface area contributed by atoms with E-state index < -0.39 is 21.7 Å². The minimum absolute atomic E-state index is 0.0529. The molecule has 5 heterocycles. The number of morpholine rings is 1. The number of thiazole rings is 1. The molecule has 12 nitrogen and oxygen atoms in total. The maximum atomic E-state index is 15.3. The van der Waals surface area contributed by atoms with Crippen molar-refractivity contribution in [3.05, 3.63) is 77.3 Å². The van der Waals surface area contributed by atoms with Crippen LogP contribution in [0.25, 0.3) is 27.1 Å². The summed E-state index contributed by atoms with van der Waals surface area (Å²) in [6.07, 6.45) is 10.3. The highest BCUT2D eigenvalue weighted by Crippen LogP contribution is 2.34. The van der Waals surface area contributed by atoms with Crippen molar-refractivity contribution < 1.29 is 23.0 Å². The summed E-state index contributed by atoms with van der Waals surface area (Å²) in [7, 11) is 0.838. The molecule has 1 fully saturated rings. The number of nitrogens with zero attached hydrogens (tertiary/aromatic N) is 9. The van der Waals surface area contributed by atoms with Crippen molar-refractivity contribution in [2.75, 3.05) is 74.3 Å². The largest absolute Gasteiger partial charge is 0.497 e. The Morgan fingerprint density at radius 1 is 0.980 bits per heavy atom. The zero-order valence-corrected chi connectivity index (χ0v) is 30.0.